The topological polar surface area (TPSA) is 37.8 Å². The number of para-hydroxylation sites is 1. The predicted octanol–water partition coefficient (Wildman–Crippen LogP) is 3.86. The van der Waals surface area contributed by atoms with Crippen LogP contribution < -0.4 is 5.32 Å². The number of fused-ring (bicyclic) bond motifs is 1. The van der Waals surface area contributed by atoms with E-state index in [1.165, 1.54) is 5.56 Å². The molecule has 0 aliphatic carbocycles. The van der Waals surface area contributed by atoms with Gasteiger partial charge in [0, 0.05) is 11.6 Å². The molecule has 0 radical (unpaired) electrons. The zero-order valence-electron chi connectivity index (χ0n) is 10.00. The van der Waals surface area contributed by atoms with Crippen molar-refractivity contribution in [3.63, 3.8) is 0 Å². The first kappa shape index (κ1) is 11.2. The summed E-state index contributed by atoms with van der Waals surface area (Å²) in [6.45, 7) is 2.11. The van der Waals surface area contributed by atoms with Gasteiger partial charge in [-0.25, -0.2) is 9.97 Å². The van der Waals surface area contributed by atoms with Crippen molar-refractivity contribution in [1.29, 1.82) is 0 Å². The fourth-order valence-corrected chi connectivity index (χ4v) is 2.59. The van der Waals surface area contributed by atoms with Crippen LogP contribution in [0.4, 0.5) is 5.95 Å². The lowest BCUT2D eigenvalue weighted by atomic mass is 10.2. The van der Waals surface area contributed by atoms with E-state index in [0.717, 1.165) is 10.9 Å². The second-order valence-corrected chi connectivity index (χ2v) is 4.96. The molecule has 0 bridgehead atoms. The van der Waals surface area contributed by atoms with Crippen molar-refractivity contribution >= 4 is 28.2 Å². The molecule has 4 heteroatoms. The molecule has 0 aliphatic heterocycles. The Morgan fingerprint density at radius 3 is 2.94 bits per heavy atom. The Kier molecular flexibility index (Phi) is 2.94. The zero-order valence-corrected chi connectivity index (χ0v) is 10.8. The highest BCUT2D eigenvalue weighted by molar-refractivity contribution is 7.07. The highest BCUT2D eigenvalue weighted by atomic mass is 32.1. The maximum atomic E-state index is 4.51. The van der Waals surface area contributed by atoms with E-state index in [1.807, 2.05) is 30.5 Å². The Balaban J connectivity index is 1.86. The van der Waals surface area contributed by atoms with Gasteiger partial charge in [-0.15, -0.1) is 0 Å². The van der Waals surface area contributed by atoms with Gasteiger partial charge in [0.2, 0.25) is 5.95 Å². The largest absolute Gasteiger partial charge is 0.348 e. The molecule has 1 N–H and O–H groups in total. The molecule has 2 heterocycles. The Bertz CT molecular complexity index is 649. The summed E-state index contributed by atoms with van der Waals surface area (Å²) in [5, 5.41) is 8.60. The molecule has 0 aliphatic rings. The summed E-state index contributed by atoms with van der Waals surface area (Å²) < 4.78 is 0. The number of aromatic nitrogens is 2. The van der Waals surface area contributed by atoms with E-state index >= 15 is 0 Å². The molecule has 1 aromatic carbocycles. The van der Waals surface area contributed by atoms with Gasteiger partial charge < -0.3 is 5.32 Å². The van der Waals surface area contributed by atoms with Crippen LogP contribution in [0.5, 0.6) is 0 Å². The second-order valence-electron chi connectivity index (χ2n) is 4.18. The van der Waals surface area contributed by atoms with Crippen LogP contribution in [0.25, 0.3) is 10.9 Å². The molecule has 1 atom stereocenters. The summed E-state index contributed by atoms with van der Waals surface area (Å²) in [6, 6.07) is 10.3. The van der Waals surface area contributed by atoms with Crippen molar-refractivity contribution in [1.82, 2.24) is 9.97 Å². The first-order valence-electron chi connectivity index (χ1n) is 5.83. The monoisotopic (exact) mass is 255 g/mol. The first-order valence-corrected chi connectivity index (χ1v) is 6.77. The van der Waals surface area contributed by atoms with Crippen molar-refractivity contribution in [3.05, 3.63) is 52.9 Å². The number of hydrogen-bond acceptors (Lipinski definition) is 4. The van der Waals surface area contributed by atoms with Gasteiger partial charge >= 0.3 is 0 Å². The summed E-state index contributed by atoms with van der Waals surface area (Å²) >= 11 is 1.70. The van der Waals surface area contributed by atoms with Crippen molar-refractivity contribution < 1.29 is 0 Å². The maximum Gasteiger partial charge on any atom is 0.223 e. The van der Waals surface area contributed by atoms with Crippen molar-refractivity contribution in [2.24, 2.45) is 0 Å². The molecule has 3 rings (SSSR count). The maximum absolute atomic E-state index is 4.51. The van der Waals surface area contributed by atoms with Gasteiger partial charge in [0.15, 0.2) is 0 Å². The van der Waals surface area contributed by atoms with Crippen LogP contribution in [-0.2, 0) is 0 Å². The van der Waals surface area contributed by atoms with Crippen LogP contribution in [0.3, 0.4) is 0 Å². The Labute approximate surface area is 110 Å². The number of anilines is 1. The molecule has 0 saturated heterocycles. The lowest BCUT2D eigenvalue weighted by Crippen LogP contribution is -2.08. The van der Waals surface area contributed by atoms with Crippen molar-refractivity contribution in [2.45, 2.75) is 13.0 Å². The lowest BCUT2D eigenvalue weighted by Gasteiger charge is -2.12. The van der Waals surface area contributed by atoms with Crippen molar-refractivity contribution in [3.8, 4) is 0 Å². The molecular formula is C14H13N3S. The SMILES string of the molecule is CC(Nc1ncc2ccccc2n1)c1ccsc1. The smallest absolute Gasteiger partial charge is 0.223 e. The minimum Gasteiger partial charge on any atom is -0.348 e. The van der Waals surface area contributed by atoms with E-state index in [2.05, 4.69) is 39.0 Å². The third-order valence-electron chi connectivity index (χ3n) is 2.88. The fourth-order valence-electron chi connectivity index (χ4n) is 1.84. The molecule has 3 nitrogen and oxygen atoms in total. The minimum atomic E-state index is 0.220. The van der Waals surface area contributed by atoms with E-state index in [1.54, 1.807) is 11.3 Å². The molecule has 90 valence electrons. The number of benzene rings is 1. The van der Waals surface area contributed by atoms with Crippen molar-refractivity contribution in [2.75, 3.05) is 5.32 Å². The summed E-state index contributed by atoms with van der Waals surface area (Å²) in [7, 11) is 0. The molecule has 18 heavy (non-hydrogen) atoms. The summed E-state index contributed by atoms with van der Waals surface area (Å²) in [6.07, 6.45) is 1.85. The van der Waals surface area contributed by atoms with E-state index in [0.29, 0.717) is 5.95 Å². The van der Waals surface area contributed by atoms with Crippen LogP contribution in [0.15, 0.2) is 47.3 Å². The summed E-state index contributed by atoms with van der Waals surface area (Å²) in [5.74, 6) is 0.674. The molecule has 0 spiro atoms. The average molecular weight is 255 g/mol. The van der Waals surface area contributed by atoms with Gasteiger partial charge in [-0.3, -0.25) is 0 Å². The predicted molar refractivity (Wildman–Crippen MR) is 75.9 cm³/mol. The third kappa shape index (κ3) is 2.19. The van der Waals surface area contributed by atoms with E-state index in [4.69, 9.17) is 0 Å². The van der Waals surface area contributed by atoms with Gasteiger partial charge in [-0.05, 0) is 35.4 Å². The molecule has 0 fully saturated rings. The molecule has 0 amide bonds. The van der Waals surface area contributed by atoms with Gasteiger partial charge in [0.1, 0.15) is 0 Å². The second kappa shape index (κ2) is 4.74. The third-order valence-corrected chi connectivity index (χ3v) is 3.58. The number of hydrogen-bond donors (Lipinski definition) is 1. The number of rotatable bonds is 3. The van der Waals surface area contributed by atoms with E-state index < -0.39 is 0 Å². The van der Waals surface area contributed by atoms with Gasteiger partial charge in [-0.2, -0.15) is 11.3 Å². The van der Waals surface area contributed by atoms with E-state index in [-0.39, 0.29) is 6.04 Å². The van der Waals surface area contributed by atoms with Gasteiger partial charge in [0.05, 0.1) is 11.6 Å². The van der Waals surface area contributed by atoms with Crippen LogP contribution in [0.1, 0.15) is 18.5 Å². The Morgan fingerprint density at radius 1 is 1.22 bits per heavy atom. The standard InChI is InChI=1S/C14H13N3S/c1-10(12-6-7-18-9-12)16-14-15-8-11-4-2-3-5-13(11)17-14/h2-10H,1H3,(H,15,16,17). The average Bonchev–Trinajstić information content (AvgIpc) is 2.92. The minimum absolute atomic E-state index is 0.220. The highest BCUT2D eigenvalue weighted by Gasteiger charge is 2.07. The number of nitrogens with one attached hydrogen (secondary N) is 1. The first-order chi connectivity index (χ1) is 8.83. The summed E-state index contributed by atoms with van der Waals surface area (Å²) in [4.78, 5) is 8.84. The number of nitrogens with zero attached hydrogens (tertiary/aromatic N) is 2. The highest BCUT2D eigenvalue weighted by Crippen LogP contribution is 2.20. The Hall–Kier alpha value is -1.94. The normalized spacial score (nSPS) is 12.5. The van der Waals surface area contributed by atoms with Crippen LogP contribution in [0.2, 0.25) is 0 Å². The molecular weight excluding hydrogens is 242 g/mol. The van der Waals surface area contributed by atoms with Crippen LogP contribution >= 0.6 is 11.3 Å². The molecule has 0 saturated carbocycles. The molecule has 1 unspecified atom stereocenters. The number of thiophene rings is 1. The van der Waals surface area contributed by atoms with Crippen LogP contribution in [0, 0.1) is 0 Å². The van der Waals surface area contributed by atoms with Crippen LogP contribution in [-0.4, -0.2) is 9.97 Å². The molecule has 2 aromatic heterocycles. The zero-order chi connectivity index (χ0) is 12.4. The quantitative estimate of drug-likeness (QED) is 0.772. The van der Waals surface area contributed by atoms with E-state index in [9.17, 15) is 0 Å². The van der Waals surface area contributed by atoms with Gasteiger partial charge in [0.25, 0.3) is 0 Å². The molecule has 3 aromatic rings. The fraction of sp³-hybridized carbons (Fsp3) is 0.143. The Morgan fingerprint density at radius 2 is 2.11 bits per heavy atom. The summed E-state index contributed by atoms with van der Waals surface area (Å²) in [5.41, 5.74) is 2.23. The lowest BCUT2D eigenvalue weighted by molar-refractivity contribution is 0.869. The van der Waals surface area contributed by atoms with Gasteiger partial charge in [-0.1, -0.05) is 18.2 Å².